The van der Waals surface area contributed by atoms with E-state index in [0.717, 1.165) is 43.4 Å². The van der Waals surface area contributed by atoms with Crippen LogP contribution >= 0.6 is 15.9 Å². The number of nitrogens with zero attached hydrogens (tertiary/aromatic N) is 3. The fraction of sp³-hybridized carbons (Fsp3) is 0.0800. The van der Waals surface area contributed by atoms with Crippen LogP contribution < -0.4 is 5.32 Å². The van der Waals surface area contributed by atoms with E-state index in [9.17, 15) is 4.79 Å². The molecule has 2 aromatic heterocycles. The standard InChI is InChI=1S/C25H19BrN4O2/c1-32-15-30-24-13-17(12-21-20-14-18(26)4-7-22(20)28-25(21)31)2-5-19(24)23(29-30)6-3-16-8-10-27-11-9-16/h2-14H,15H2,1H3,(H,28,31). The third-order valence-corrected chi connectivity index (χ3v) is 5.76. The quantitative estimate of drug-likeness (QED) is 0.380. The average Bonchev–Trinajstić information content (AvgIpc) is 3.30. The highest BCUT2D eigenvalue weighted by atomic mass is 79.9. The largest absolute Gasteiger partial charge is 0.362 e. The van der Waals surface area contributed by atoms with Gasteiger partial charge in [-0.3, -0.25) is 9.78 Å². The normalized spacial score (nSPS) is 14.4. The van der Waals surface area contributed by atoms with Gasteiger partial charge in [-0.25, -0.2) is 4.68 Å². The third-order valence-electron chi connectivity index (χ3n) is 5.27. The lowest BCUT2D eigenvalue weighted by molar-refractivity contribution is -0.110. The van der Waals surface area contributed by atoms with E-state index in [-0.39, 0.29) is 5.91 Å². The van der Waals surface area contributed by atoms with E-state index in [1.165, 1.54) is 0 Å². The first-order valence-electron chi connectivity index (χ1n) is 10.0. The fourth-order valence-electron chi connectivity index (χ4n) is 3.77. The molecule has 5 rings (SSSR count). The van der Waals surface area contributed by atoms with Crippen LogP contribution in [0.3, 0.4) is 0 Å². The van der Waals surface area contributed by atoms with Gasteiger partial charge in [-0.05, 0) is 65.7 Å². The van der Waals surface area contributed by atoms with Crippen LogP contribution in [0.25, 0.3) is 34.7 Å². The molecule has 0 atom stereocenters. The predicted molar refractivity (Wildman–Crippen MR) is 131 cm³/mol. The maximum absolute atomic E-state index is 12.6. The molecule has 0 radical (unpaired) electrons. The minimum absolute atomic E-state index is 0.107. The summed E-state index contributed by atoms with van der Waals surface area (Å²) < 4.78 is 8.10. The Morgan fingerprint density at radius 2 is 1.91 bits per heavy atom. The molecule has 0 bridgehead atoms. The summed E-state index contributed by atoms with van der Waals surface area (Å²) in [5.74, 6) is -0.107. The van der Waals surface area contributed by atoms with Crippen molar-refractivity contribution in [2.45, 2.75) is 6.73 Å². The molecule has 6 nitrogen and oxygen atoms in total. The smallest absolute Gasteiger partial charge is 0.256 e. The summed E-state index contributed by atoms with van der Waals surface area (Å²) in [5.41, 5.74) is 6.08. The van der Waals surface area contributed by atoms with E-state index in [4.69, 9.17) is 9.84 Å². The first-order valence-corrected chi connectivity index (χ1v) is 10.8. The summed E-state index contributed by atoms with van der Waals surface area (Å²) >= 11 is 3.49. The number of rotatable bonds is 5. The number of methoxy groups -OCH3 is 1. The molecule has 2 aromatic carbocycles. The molecule has 32 heavy (non-hydrogen) atoms. The van der Waals surface area contributed by atoms with E-state index in [0.29, 0.717) is 12.3 Å². The van der Waals surface area contributed by atoms with E-state index in [2.05, 4.69) is 26.2 Å². The van der Waals surface area contributed by atoms with E-state index < -0.39 is 0 Å². The topological polar surface area (TPSA) is 69.0 Å². The number of ether oxygens (including phenoxy) is 1. The Bertz CT molecular complexity index is 1390. The Hall–Kier alpha value is -3.55. The van der Waals surface area contributed by atoms with Crippen LogP contribution in [0.5, 0.6) is 0 Å². The van der Waals surface area contributed by atoms with Crippen LogP contribution in [0.15, 0.2) is 65.4 Å². The molecule has 0 fully saturated rings. The number of hydrogen-bond acceptors (Lipinski definition) is 4. The first kappa shape index (κ1) is 20.4. The number of amides is 1. The number of benzene rings is 2. The number of pyridine rings is 1. The van der Waals surface area contributed by atoms with Crippen molar-refractivity contribution in [3.63, 3.8) is 0 Å². The highest BCUT2D eigenvalue weighted by Gasteiger charge is 2.24. The Morgan fingerprint density at radius 1 is 1.06 bits per heavy atom. The molecule has 1 aliphatic heterocycles. The van der Waals surface area contributed by atoms with Gasteiger partial charge in [0.15, 0.2) is 0 Å². The molecule has 1 N–H and O–H groups in total. The number of carbonyl (C=O) groups is 1. The Balaban J connectivity index is 1.56. The SMILES string of the molecule is COCn1nc(C=Cc2ccncc2)c2ccc(C=C3C(=O)Nc4ccc(Br)cc43)cc21. The lowest BCUT2D eigenvalue weighted by Crippen LogP contribution is -2.03. The maximum Gasteiger partial charge on any atom is 0.256 e. The van der Waals surface area contributed by atoms with Crippen molar-refractivity contribution < 1.29 is 9.53 Å². The molecule has 7 heteroatoms. The lowest BCUT2D eigenvalue weighted by Gasteiger charge is -2.03. The van der Waals surface area contributed by atoms with Crippen molar-refractivity contribution in [1.29, 1.82) is 0 Å². The van der Waals surface area contributed by atoms with Crippen LogP contribution in [0.2, 0.25) is 0 Å². The molecule has 0 saturated heterocycles. The lowest BCUT2D eigenvalue weighted by atomic mass is 10.0. The summed E-state index contributed by atoms with van der Waals surface area (Å²) in [7, 11) is 1.64. The number of hydrogen-bond donors (Lipinski definition) is 1. The van der Waals surface area contributed by atoms with Gasteiger partial charge in [-0.2, -0.15) is 5.10 Å². The number of carbonyl (C=O) groups excluding carboxylic acids is 1. The van der Waals surface area contributed by atoms with Crippen LogP contribution in [0.1, 0.15) is 22.4 Å². The second-order valence-corrected chi connectivity index (χ2v) is 8.31. The molecular formula is C25H19BrN4O2. The zero-order valence-corrected chi connectivity index (χ0v) is 18.8. The summed E-state index contributed by atoms with van der Waals surface area (Å²) in [5, 5.41) is 8.64. The minimum Gasteiger partial charge on any atom is -0.362 e. The highest BCUT2D eigenvalue weighted by Crippen LogP contribution is 2.35. The van der Waals surface area contributed by atoms with Gasteiger partial charge in [0.2, 0.25) is 0 Å². The number of anilines is 1. The second kappa shape index (κ2) is 8.53. The zero-order valence-electron chi connectivity index (χ0n) is 17.2. The average molecular weight is 487 g/mol. The summed E-state index contributed by atoms with van der Waals surface area (Å²) in [6.07, 6.45) is 9.42. The van der Waals surface area contributed by atoms with Crippen molar-refractivity contribution in [2.24, 2.45) is 0 Å². The van der Waals surface area contributed by atoms with Crippen molar-refractivity contribution >= 4 is 62.2 Å². The van der Waals surface area contributed by atoms with Gasteiger partial charge in [0.25, 0.3) is 5.91 Å². The van der Waals surface area contributed by atoms with Crippen molar-refractivity contribution in [3.8, 4) is 0 Å². The van der Waals surface area contributed by atoms with Gasteiger partial charge in [-0.15, -0.1) is 0 Å². The van der Waals surface area contributed by atoms with Crippen LogP contribution in [-0.2, 0) is 16.3 Å². The number of aromatic nitrogens is 3. The van der Waals surface area contributed by atoms with Gasteiger partial charge in [-0.1, -0.05) is 28.1 Å². The molecule has 0 saturated carbocycles. The molecular weight excluding hydrogens is 468 g/mol. The number of nitrogens with one attached hydrogen (secondary N) is 1. The highest BCUT2D eigenvalue weighted by molar-refractivity contribution is 9.10. The van der Waals surface area contributed by atoms with Gasteiger partial charge in [0, 0.05) is 46.2 Å². The van der Waals surface area contributed by atoms with Gasteiger partial charge in [0.05, 0.1) is 11.2 Å². The number of fused-ring (bicyclic) bond motifs is 2. The van der Waals surface area contributed by atoms with Crippen LogP contribution in [-0.4, -0.2) is 27.8 Å². The van der Waals surface area contributed by atoms with Gasteiger partial charge >= 0.3 is 0 Å². The monoisotopic (exact) mass is 486 g/mol. The molecule has 1 amide bonds. The molecule has 4 aromatic rings. The van der Waals surface area contributed by atoms with Crippen molar-refractivity contribution in [3.05, 3.63) is 87.8 Å². The van der Waals surface area contributed by atoms with Gasteiger partial charge < -0.3 is 10.1 Å². The number of halogens is 1. The van der Waals surface area contributed by atoms with Crippen LogP contribution in [0.4, 0.5) is 5.69 Å². The van der Waals surface area contributed by atoms with E-state index >= 15 is 0 Å². The molecule has 3 heterocycles. The fourth-order valence-corrected chi connectivity index (χ4v) is 4.13. The first-order chi connectivity index (χ1) is 15.6. The summed E-state index contributed by atoms with van der Waals surface area (Å²) in [6.45, 7) is 0.329. The summed E-state index contributed by atoms with van der Waals surface area (Å²) in [6, 6.07) is 15.7. The Kier molecular flexibility index (Phi) is 5.43. The predicted octanol–water partition coefficient (Wildman–Crippen LogP) is 5.46. The zero-order chi connectivity index (χ0) is 22.1. The Morgan fingerprint density at radius 3 is 2.72 bits per heavy atom. The van der Waals surface area contributed by atoms with Crippen molar-refractivity contribution in [2.75, 3.05) is 12.4 Å². The molecule has 0 aliphatic carbocycles. The molecule has 0 spiro atoms. The third kappa shape index (κ3) is 3.88. The molecule has 158 valence electrons. The van der Waals surface area contributed by atoms with E-state index in [1.54, 1.807) is 19.5 Å². The van der Waals surface area contributed by atoms with Crippen LogP contribution in [0, 0.1) is 0 Å². The maximum atomic E-state index is 12.6. The second-order valence-electron chi connectivity index (χ2n) is 7.40. The summed E-state index contributed by atoms with van der Waals surface area (Å²) in [4.78, 5) is 16.6. The minimum atomic E-state index is -0.107. The van der Waals surface area contributed by atoms with E-state index in [1.807, 2.05) is 71.4 Å². The van der Waals surface area contributed by atoms with Gasteiger partial charge in [0.1, 0.15) is 6.73 Å². The molecule has 1 aliphatic rings. The molecule has 0 unspecified atom stereocenters. The Labute approximate surface area is 193 Å². The van der Waals surface area contributed by atoms with Crippen molar-refractivity contribution in [1.82, 2.24) is 14.8 Å².